The second-order valence-corrected chi connectivity index (χ2v) is 6.29. The van der Waals surface area contributed by atoms with Crippen LogP contribution in [0.5, 0.6) is 0 Å². The molecule has 132 valence electrons. The Kier molecular flexibility index (Phi) is 4.95. The third-order valence-electron chi connectivity index (χ3n) is 4.30. The van der Waals surface area contributed by atoms with Gasteiger partial charge in [0.15, 0.2) is 17.7 Å². The molecule has 0 radical (unpaired) electrons. The molecule has 3 heterocycles. The largest absolute Gasteiger partial charge is 0.390 e. The van der Waals surface area contributed by atoms with Crippen LogP contribution in [-0.4, -0.2) is 73.1 Å². The van der Waals surface area contributed by atoms with Crippen molar-refractivity contribution >= 4 is 17.0 Å². The van der Waals surface area contributed by atoms with Crippen molar-refractivity contribution in [3.05, 3.63) is 12.7 Å². The van der Waals surface area contributed by atoms with Gasteiger partial charge in [0, 0.05) is 13.0 Å². The fraction of sp³-hybridized carbons (Fsp3) is 0.667. The van der Waals surface area contributed by atoms with Gasteiger partial charge in [-0.2, -0.15) is 0 Å². The maximum Gasteiger partial charge on any atom is 0.167 e. The number of imidazole rings is 1. The number of hydrogen-bond donors (Lipinski definition) is 3. The number of anilines is 1. The van der Waals surface area contributed by atoms with Crippen LogP contribution in [0.4, 0.5) is 5.82 Å². The van der Waals surface area contributed by atoms with Gasteiger partial charge in [-0.05, 0) is 20.0 Å². The Morgan fingerprint density at radius 3 is 2.92 bits per heavy atom. The number of likely N-dealkylation sites (N-methyl/N-ethyl adjacent to an activating group) is 1. The zero-order chi connectivity index (χ0) is 17.3. The predicted octanol–water partition coefficient (Wildman–Crippen LogP) is -0.240. The number of aliphatic hydroxyl groups excluding tert-OH is 2. The minimum Gasteiger partial charge on any atom is -0.390 e. The van der Waals surface area contributed by atoms with Crippen molar-refractivity contribution in [2.45, 2.75) is 44.3 Å². The molecule has 9 nitrogen and oxygen atoms in total. The molecule has 2 aromatic rings. The van der Waals surface area contributed by atoms with E-state index in [0.29, 0.717) is 24.1 Å². The molecular weight excluding hydrogens is 312 g/mol. The summed E-state index contributed by atoms with van der Waals surface area (Å²) in [6, 6.07) is 0. The molecule has 4 atom stereocenters. The van der Waals surface area contributed by atoms with Crippen molar-refractivity contribution in [2.24, 2.45) is 0 Å². The first-order chi connectivity index (χ1) is 11.5. The Morgan fingerprint density at radius 1 is 1.38 bits per heavy atom. The van der Waals surface area contributed by atoms with Gasteiger partial charge in [0.2, 0.25) is 0 Å². The van der Waals surface area contributed by atoms with Gasteiger partial charge in [0.05, 0.1) is 18.5 Å². The SMILES string of the molecule is CCCN(C)C[C@H]1CC(O)C(O)C(n2cnc3c(N)ncnc32)O1. The van der Waals surface area contributed by atoms with Crippen molar-refractivity contribution in [1.82, 2.24) is 24.4 Å². The smallest absolute Gasteiger partial charge is 0.167 e. The molecule has 3 unspecified atom stereocenters. The summed E-state index contributed by atoms with van der Waals surface area (Å²) in [6.45, 7) is 3.74. The van der Waals surface area contributed by atoms with E-state index in [1.165, 1.54) is 12.7 Å². The Hall–Kier alpha value is -1.81. The van der Waals surface area contributed by atoms with Gasteiger partial charge in [-0.3, -0.25) is 4.57 Å². The van der Waals surface area contributed by atoms with Crippen LogP contribution in [0.25, 0.3) is 11.2 Å². The van der Waals surface area contributed by atoms with E-state index in [1.807, 2.05) is 7.05 Å². The average Bonchev–Trinajstić information content (AvgIpc) is 2.96. The molecule has 1 aliphatic rings. The highest BCUT2D eigenvalue weighted by molar-refractivity contribution is 5.81. The first-order valence-electron chi connectivity index (χ1n) is 8.14. The molecule has 4 N–H and O–H groups in total. The summed E-state index contributed by atoms with van der Waals surface area (Å²) in [5.74, 6) is 0.267. The van der Waals surface area contributed by atoms with Crippen molar-refractivity contribution in [2.75, 3.05) is 25.9 Å². The lowest BCUT2D eigenvalue weighted by molar-refractivity contribution is -0.199. The Balaban J connectivity index is 1.85. The van der Waals surface area contributed by atoms with Crippen LogP contribution in [0.1, 0.15) is 26.0 Å². The van der Waals surface area contributed by atoms with Gasteiger partial charge in [0.1, 0.15) is 17.9 Å². The number of hydrogen-bond acceptors (Lipinski definition) is 8. The molecule has 9 heteroatoms. The molecule has 1 fully saturated rings. The van der Waals surface area contributed by atoms with Crippen molar-refractivity contribution in [3.8, 4) is 0 Å². The van der Waals surface area contributed by atoms with Crippen LogP contribution in [0.15, 0.2) is 12.7 Å². The van der Waals surface area contributed by atoms with Crippen LogP contribution in [0, 0.1) is 0 Å². The third kappa shape index (κ3) is 3.20. The second-order valence-electron chi connectivity index (χ2n) is 6.29. The van der Waals surface area contributed by atoms with Crippen LogP contribution in [-0.2, 0) is 4.74 Å². The molecule has 3 rings (SSSR count). The number of aliphatic hydroxyl groups is 2. The molecule has 1 aliphatic heterocycles. The lowest BCUT2D eigenvalue weighted by Crippen LogP contribution is -2.48. The van der Waals surface area contributed by atoms with Crippen LogP contribution < -0.4 is 5.73 Å². The normalized spacial score (nSPS) is 27.9. The molecular formula is C15H24N6O3. The number of rotatable bonds is 5. The summed E-state index contributed by atoms with van der Waals surface area (Å²) in [7, 11) is 2.01. The number of nitrogen functional groups attached to an aromatic ring is 1. The maximum absolute atomic E-state index is 10.4. The highest BCUT2D eigenvalue weighted by Crippen LogP contribution is 2.30. The lowest BCUT2D eigenvalue weighted by Gasteiger charge is -2.39. The van der Waals surface area contributed by atoms with Crippen LogP contribution in [0.3, 0.4) is 0 Å². The van der Waals surface area contributed by atoms with E-state index in [-0.39, 0.29) is 11.9 Å². The van der Waals surface area contributed by atoms with E-state index < -0.39 is 18.4 Å². The summed E-state index contributed by atoms with van der Waals surface area (Å²) < 4.78 is 7.65. The molecule has 0 aromatic carbocycles. The predicted molar refractivity (Wildman–Crippen MR) is 88.1 cm³/mol. The lowest BCUT2D eigenvalue weighted by atomic mass is 10.0. The van der Waals surface area contributed by atoms with Crippen molar-refractivity contribution in [3.63, 3.8) is 0 Å². The van der Waals surface area contributed by atoms with Crippen LogP contribution in [0.2, 0.25) is 0 Å². The number of nitrogens with two attached hydrogens (primary N) is 1. The molecule has 24 heavy (non-hydrogen) atoms. The monoisotopic (exact) mass is 336 g/mol. The zero-order valence-electron chi connectivity index (χ0n) is 13.9. The number of aromatic nitrogens is 4. The number of ether oxygens (including phenoxy) is 1. The van der Waals surface area contributed by atoms with Gasteiger partial charge >= 0.3 is 0 Å². The van der Waals surface area contributed by atoms with Gasteiger partial charge in [-0.15, -0.1) is 0 Å². The molecule has 1 saturated heterocycles. The van der Waals surface area contributed by atoms with Crippen molar-refractivity contribution < 1.29 is 14.9 Å². The van der Waals surface area contributed by atoms with Gasteiger partial charge in [0.25, 0.3) is 0 Å². The summed E-state index contributed by atoms with van der Waals surface area (Å²) in [5, 5.41) is 20.6. The molecule has 0 aliphatic carbocycles. The van der Waals surface area contributed by atoms with E-state index in [0.717, 1.165) is 13.0 Å². The quantitative estimate of drug-likeness (QED) is 0.684. The minimum absolute atomic E-state index is 0.193. The van der Waals surface area contributed by atoms with E-state index in [4.69, 9.17) is 10.5 Å². The summed E-state index contributed by atoms with van der Waals surface area (Å²) in [6.07, 6.45) is 1.37. The van der Waals surface area contributed by atoms with E-state index in [2.05, 4.69) is 26.8 Å². The van der Waals surface area contributed by atoms with Gasteiger partial charge in [-0.1, -0.05) is 6.92 Å². The van der Waals surface area contributed by atoms with Crippen molar-refractivity contribution in [1.29, 1.82) is 0 Å². The minimum atomic E-state index is -1.06. The summed E-state index contributed by atoms with van der Waals surface area (Å²) in [4.78, 5) is 14.4. The first-order valence-corrected chi connectivity index (χ1v) is 8.14. The highest BCUT2D eigenvalue weighted by Gasteiger charge is 2.39. The van der Waals surface area contributed by atoms with Gasteiger partial charge < -0.3 is 25.6 Å². The first kappa shape index (κ1) is 17.0. The van der Waals surface area contributed by atoms with E-state index >= 15 is 0 Å². The molecule has 0 bridgehead atoms. The second kappa shape index (κ2) is 6.98. The molecule has 0 amide bonds. The fourth-order valence-electron chi connectivity index (χ4n) is 3.16. The Labute approximate surface area is 140 Å². The third-order valence-corrected chi connectivity index (χ3v) is 4.30. The maximum atomic E-state index is 10.4. The standard InChI is InChI=1S/C15H24N6O3/c1-3-4-20(2)6-9-5-10(22)12(23)15(24-9)21-8-19-11-13(16)17-7-18-14(11)21/h7-10,12,15,22-23H,3-6H2,1-2H3,(H2,16,17,18)/t9-,10?,12?,15?/m1/s1. The molecule has 0 spiro atoms. The average molecular weight is 336 g/mol. The topological polar surface area (TPSA) is 123 Å². The van der Waals surface area contributed by atoms with E-state index in [1.54, 1.807) is 4.57 Å². The molecule has 0 saturated carbocycles. The van der Waals surface area contributed by atoms with E-state index in [9.17, 15) is 10.2 Å². The zero-order valence-corrected chi connectivity index (χ0v) is 13.9. The van der Waals surface area contributed by atoms with Crippen LogP contribution >= 0.6 is 0 Å². The Morgan fingerprint density at radius 2 is 2.17 bits per heavy atom. The summed E-state index contributed by atoms with van der Waals surface area (Å²) >= 11 is 0. The molecule has 2 aromatic heterocycles. The highest BCUT2D eigenvalue weighted by atomic mass is 16.5. The summed E-state index contributed by atoms with van der Waals surface area (Å²) in [5.41, 5.74) is 6.73. The fourth-order valence-corrected chi connectivity index (χ4v) is 3.16. The van der Waals surface area contributed by atoms with Gasteiger partial charge in [-0.25, -0.2) is 15.0 Å². The Bertz CT molecular complexity index is 693. The number of nitrogens with zero attached hydrogens (tertiary/aromatic N) is 5. The number of fused-ring (bicyclic) bond motifs is 1.